The highest BCUT2D eigenvalue weighted by atomic mass is 16.3. The fourth-order valence-corrected chi connectivity index (χ4v) is 1.95. The molecule has 2 unspecified atom stereocenters. The van der Waals surface area contributed by atoms with Crippen LogP contribution in [0, 0.1) is 11.3 Å². The highest BCUT2D eigenvalue weighted by Gasteiger charge is 2.26. The molecule has 3 nitrogen and oxygen atoms in total. The molecule has 1 rings (SSSR count). The fraction of sp³-hybridized carbons (Fsp3) is 0.923. The van der Waals surface area contributed by atoms with Gasteiger partial charge in [0.25, 0.3) is 0 Å². The Labute approximate surface area is 98.8 Å². The first-order chi connectivity index (χ1) is 7.30. The lowest BCUT2D eigenvalue weighted by Gasteiger charge is -2.34. The van der Waals surface area contributed by atoms with Crippen LogP contribution < -0.4 is 0 Å². The van der Waals surface area contributed by atoms with Crippen molar-refractivity contribution in [3.63, 3.8) is 0 Å². The van der Waals surface area contributed by atoms with E-state index in [0.717, 1.165) is 26.1 Å². The minimum Gasteiger partial charge on any atom is -0.392 e. The van der Waals surface area contributed by atoms with Gasteiger partial charge in [-0.3, -0.25) is 4.79 Å². The molecule has 1 aliphatic heterocycles. The second-order valence-corrected chi connectivity index (χ2v) is 6.06. The molecule has 0 amide bonds. The van der Waals surface area contributed by atoms with E-state index in [2.05, 4.69) is 11.8 Å². The van der Waals surface area contributed by atoms with E-state index in [0.29, 0.717) is 18.1 Å². The molecule has 0 aromatic rings. The molecule has 0 bridgehead atoms. The third-order valence-corrected chi connectivity index (χ3v) is 3.49. The molecule has 94 valence electrons. The average molecular weight is 227 g/mol. The fourth-order valence-electron chi connectivity index (χ4n) is 1.95. The third-order valence-electron chi connectivity index (χ3n) is 3.49. The first kappa shape index (κ1) is 13.7. The summed E-state index contributed by atoms with van der Waals surface area (Å²) in [6.45, 7) is 10.5. The van der Waals surface area contributed by atoms with Gasteiger partial charge in [-0.25, -0.2) is 0 Å². The molecule has 1 heterocycles. The van der Waals surface area contributed by atoms with Gasteiger partial charge in [0, 0.05) is 24.9 Å². The maximum absolute atomic E-state index is 11.8. The first-order valence-electron chi connectivity index (χ1n) is 6.24. The second kappa shape index (κ2) is 5.28. The van der Waals surface area contributed by atoms with E-state index in [-0.39, 0.29) is 11.5 Å². The molecule has 0 aromatic carbocycles. The molecule has 1 fully saturated rings. The summed E-state index contributed by atoms with van der Waals surface area (Å²) in [5.41, 5.74) is -0.234. The van der Waals surface area contributed by atoms with Gasteiger partial charge in [0.05, 0.1) is 6.10 Å². The van der Waals surface area contributed by atoms with E-state index >= 15 is 0 Å². The van der Waals surface area contributed by atoms with Gasteiger partial charge in [-0.2, -0.15) is 0 Å². The molecule has 1 saturated heterocycles. The van der Waals surface area contributed by atoms with Crippen LogP contribution in [0.5, 0.6) is 0 Å². The zero-order valence-corrected chi connectivity index (χ0v) is 11.0. The Kier molecular flexibility index (Phi) is 4.51. The number of β-amino-alcohol motifs (C(OH)–C–C–N with tert-alkyl or cyclic N) is 1. The molecule has 0 saturated carbocycles. The van der Waals surface area contributed by atoms with Crippen LogP contribution >= 0.6 is 0 Å². The predicted molar refractivity (Wildman–Crippen MR) is 65.3 cm³/mol. The lowest BCUT2D eigenvalue weighted by atomic mass is 9.88. The van der Waals surface area contributed by atoms with Crippen molar-refractivity contribution in [3.05, 3.63) is 0 Å². The summed E-state index contributed by atoms with van der Waals surface area (Å²) in [4.78, 5) is 14.0. The monoisotopic (exact) mass is 227 g/mol. The van der Waals surface area contributed by atoms with E-state index in [4.69, 9.17) is 0 Å². The standard InChI is InChI=1S/C13H25NO2/c1-10-5-7-14(9-11(10)15)8-6-12(16)13(2,3)4/h10-11,15H,5-9H2,1-4H3. The molecule has 0 radical (unpaired) electrons. The molecule has 1 aliphatic rings. The van der Waals surface area contributed by atoms with Crippen molar-refractivity contribution >= 4 is 5.78 Å². The van der Waals surface area contributed by atoms with Crippen LogP contribution in [0.25, 0.3) is 0 Å². The Balaban J connectivity index is 2.32. The minimum absolute atomic E-state index is 0.224. The van der Waals surface area contributed by atoms with Gasteiger partial charge in [0.2, 0.25) is 0 Å². The van der Waals surface area contributed by atoms with Crippen LogP contribution in [0.2, 0.25) is 0 Å². The predicted octanol–water partition coefficient (Wildman–Crippen LogP) is 1.69. The van der Waals surface area contributed by atoms with E-state index in [9.17, 15) is 9.90 Å². The minimum atomic E-state index is -0.234. The summed E-state index contributed by atoms with van der Waals surface area (Å²) in [6, 6.07) is 0. The topological polar surface area (TPSA) is 40.5 Å². The Hall–Kier alpha value is -0.410. The Bertz CT molecular complexity index is 245. The van der Waals surface area contributed by atoms with Gasteiger partial charge in [-0.15, -0.1) is 0 Å². The first-order valence-corrected chi connectivity index (χ1v) is 6.24. The number of piperidine rings is 1. The van der Waals surface area contributed by atoms with Gasteiger partial charge in [0.15, 0.2) is 0 Å². The quantitative estimate of drug-likeness (QED) is 0.797. The number of carbonyl (C=O) groups is 1. The number of ketones is 1. The number of hydrogen-bond acceptors (Lipinski definition) is 3. The molecule has 16 heavy (non-hydrogen) atoms. The Morgan fingerprint density at radius 3 is 2.56 bits per heavy atom. The van der Waals surface area contributed by atoms with E-state index < -0.39 is 0 Å². The zero-order chi connectivity index (χ0) is 12.3. The molecular weight excluding hydrogens is 202 g/mol. The summed E-state index contributed by atoms with van der Waals surface area (Å²) in [5.74, 6) is 0.704. The van der Waals surface area contributed by atoms with Crippen LogP contribution in [-0.4, -0.2) is 41.5 Å². The number of nitrogens with zero attached hydrogens (tertiary/aromatic N) is 1. The van der Waals surface area contributed by atoms with E-state index in [1.165, 1.54) is 0 Å². The van der Waals surface area contributed by atoms with Gasteiger partial charge in [0.1, 0.15) is 5.78 Å². The maximum atomic E-state index is 11.8. The number of Topliss-reactive ketones (excluding diaryl/α,β-unsaturated/α-hetero) is 1. The Morgan fingerprint density at radius 2 is 2.06 bits per heavy atom. The van der Waals surface area contributed by atoms with Crippen molar-refractivity contribution in [1.29, 1.82) is 0 Å². The highest BCUT2D eigenvalue weighted by Crippen LogP contribution is 2.20. The summed E-state index contributed by atoms with van der Waals surface area (Å²) in [5, 5.41) is 9.75. The third kappa shape index (κ3) is 3.87. The number of carbonyl (C=O) groups excluding carboxylic acids is 1. The summed E-state index contributed by atoms with van der Waals surface area (Å²) >= 11 is 0. The van der Waals surface area contributed by atoms with Gasteiger partial charge < -0.3 is 10.0 Å². The van der Waals surface area contributed by atoms with Crippen molar-refractivity contribution < 1.29 is 9.90 Å². The van der Waals surface area contributed by atoms with Crippen molar-refractivity contribution in [2.75, 3.05) is 19.6 Å². The van der Waals surface area contributed by atoms with Gasteiger partial charge in [-0.1, -0.05) is 27.7 Å². The molecule has 0 spiro atoms. The molecular formula is C13H25NO2. The van der Waals surface area contributed by atoms with Crippen molar-refractivity contribution in [2.45, 2.75) is 46.6 Å². The van der Waals surface area contributed by atoms with Gasteiger partial charge >= 0.3 is 0 Å². The molecule has 0 aromatic heterocycles. The molecule has 3 heteroatoms. The SMILES string of the molecule is CC1CCN(CCC(=O)C(C)(C)C)CC1O. The maximum Gasteiger partial charge on any atom is 0.139 e. The normalized spacial score (nSPS) is 28.1. The lowest BCUT2D eigenvalue weighted by molar-refractivity contribution is -0.126. The zero-order valence-electron chi connectivity index (χ0n) is 11.0. The second-order valence-electron chi connectivity index (χ2n) is 6.06. The largest absolute Gasteiger partial charge is 0.392 e. The lowest BCUT2D eigenvalue weighted by Crippen LogP contribution is -2.43. The van der Waals surface area contributed by atoms with Crippen LogP contribution in [0.1, 0.15) is 40.5 Å². The number of aliphatic hydroxyl groups excluding tert-OH is 1. The highest BCUT2D eigenvalue weighted by molar-refractivity contribution is 5.83. The van der Waals surface area contributed by atoms with Crippen LogP contribution in [0.3, 0.4) is 0 Å². The average Bonchev–Trinajstić information content (AvgIpc) is 2.18. The van der Waals surface area contributed by atoms with E-state index in [1.54, 1.807) is 0 Å². The van der Waals surface area contributed by atoms with Crippen LogP contribution in [-0.2, 0) is 4.79 Å². The number of likely N-dealkylation sites (tertiary alicyclic amines) is 1. The molecule has 2 atom stereocenters. The van der Waals surface area contributed by atoms with Crippen molar-refractivity contribution in [2.24, 2.45) is 11.3 Å². The smallest absolute Gasteiger partial charge is 0.139 e. The summed E-state index contributed by atoms with van der Waals surface area (Å²) in [6.07, 6.45) is 1.41. The number of rotatable bonds is 3. The molecule has 1 N–H and O–H groups in total. The summed E-state index contributed by atoms with van der Waals surface area (Å²) < 4.78 is 0. The Morgan fingerprint density at radius 1 is 1.44 bits per heavy atom. The van der Waals surface area contributed by atoms with Crippen molar-refractivity contribution in [1.82, 2.24) is 4.90 Å². The number of aliphatic hydroxyl groups is 1. The molecule has 0 aliphatic carbocycles. The van der Waals surface area contributed by atoms with Crippen LogP contribution in [0.4, 0.5) is 0 Å². The number of hydrogen-bond donors (Lipinski definition) is 1. The van der Waals surface area contributed by atoms with Gasteiger partial charge in [-0.05, 0) is 18.9 Å². The summed E-state index contributed by atoms with van der Waals surface area (Å²) in [7, 11) is 0. The van der Waals surface area contributed by atoms with Crippen molar-refractivity contribution in [3.8, 4) is 0 Å². The van der Waals surface area contributed by atoms with E-state index in [1.807, 2.05) is 20.8 Å². The van der Waals surface area contributed by atoms with Crippen LogP contribution in [0.15, 0.2) is 0 Å².